The number of fused-ring (bicyclic) bond motifs is 2. The van der Waals surface area contributed by atoms with Crippen LogP contribution in [0.15, 0.2) is 6.20 Å². The number of unbranched alkanes of at least 4 members (excludes halogenated alkanes) is 1. The van der Waals surface area contributed by atoms with Crippen molar-refractivity contribution in [1.82, 2.24) is 15.0 Å². The van der Waals surface area contributed by atoms with Gasteiger partial charge in [-0.1, -0.05) is 18.6 Å². The zero-order valence-corrected chi connectivity index (χ0v) is 11.5. The smallest absolute Gasteiger partial charge is 0.218 e. The molecule has 2 aliphatic rings. The number of carbonyl (C=O) groups excluding carboxylic acids is 1. The lowest BCUT2D eigenvalue weighted by Crippen LogP contribution is -2.40. The van der Waals surface area contributed by atoms with Crippen molar-refractivity contribution < 1.29 is 19.0 Å². The number of nitrogens with zero attached hydrogens (tertiary/aromatic N) is 3. The van der Waals surface area contributed by atoms with Gasteiger partial charge in [0.05, 0.1) is 25.5 Å². The van der Waals surface area contributed by atoms with Crippen molar-refractivity contribution in [3.05, 3.63) is 11.9 Å². The number of hydrogen-bond acceptors (Lipinski definition) is 6. The zero-order chi connectivity index (χ0) is 13.9. The van der Waals surface area contributed by atoms with E-state index < -0.39 is 6.29 Å². The fraction of sp³-hybridized carbons (Fsp3) is 0.769. The van der Waals surface area contributed by atoms with E-state index in [9.17, 15) is 4.79 Å². The number of aryl methyl sites for hydroxylation is 1. The van der Waals surface area contributed by atoms with Crippen molar-refractivity contribution in [2.24, 2.45) is 0 Å². The summed E-state index contributed by atoms with van der Waals surface area (Å²) in [5.41, 5.74) is 0.773. The van der Waals surface area contributed by atoms with Crippen LogP contribution in [-0.4, -0.2) is 45.9 Å². The molecule has 3 atom stereocenters. The van der Waals surface area contributed by atoms with Crippen LogP contribution in [0.4, 0.5) is 0 Å². The first kappa shape index (κ1) is 13.7. The first-order chi connectivity index (χ1) is 9.76. The number of rotatable bonds is 6. The highest BCUT2D eigenvalue weighted by atomic mass is 16.7. The van der Waals surface area contributed by atoms with Crippen LogP contribution < -0.4 is 0 Å². The first-order valence-electron chi connectivity index (χ1n) is 7.06. The maximum Gasteiger partial charge on any atom is 0.218 e. The molecule has 2 saturated heterocycles. The van der Waals surface area contributed by atoms with Gasteiger partial charge in [-0.3, -0.25) is 9.48 Å². The van der Waals surface area contributed by atoms with Gasteiger partial charge in [-0.15, -0.1) is 5.10 Å². The monoisotopic (exact) mass is 281 g/mol. The molecule has 3 heterocycles. The van der Waals surface area contributed by atoms with E-state index in [2.05, 4.69) is 17.2 Å². The first-order valence-corrected chi connectivity index (χ1v) is 7.06. The highest BCUT2D eigenvalue weighted by Crippen LogP contribution is 2.27. The van der Waals surface area contributed by atoms with Crippen LogP contribution in [0.1, 0.15) is 31.9 Å². The Kier molecular flexibility index (Phi) is 4.09. The summed E-state index contributed by atoms with van der Waals surface area (Å²) in [7, 11) is 0. The summed E-state index contributed by atoms with van der Waals surface area (Å²) in [5, 5.41) is 8.11. The minimum Gasteiger partial charge on any atom is -0.369 e. The SMILES string of the molecule is CCCCn1cc(CO[C@H]2CC(=O)[C@@H]3OC[C@H]2O3)nn1. The van der Waals surface area contributed by atoms with E-state index >= 15 is 0 Å². The quantitative estimate of drug-likeness (QED) is 0.763. The molecular weight excluding hydrogens is 262 g/mol. The Balaban J connectivity index is 1.51. The zero-order valence-electron chi connectivity index (χ0n) is 11.5. The topological polar surface area (TPSA) is 75.5 Å². The molecule has 0 N–H and O–H groups in total. The lowest BCUT2D eigenvalue weighted by molar-refractivity contribution is -0.168. The number of ketones is 1. The van der Waals surface area contributed by atoms with Gasteiger partial charge in [0.25, 0.3) is 0 Å². The Morgan fingerprint density at radius 1 is 1.55 bits per heavy atom. The Labute approximate surface area is 117 Å². The highest BCUT2D eigenvalue weighted by molar-refractivity contribution is 5.83. The molecule has 0 aliphatic carbocycles. The second-order valence-corrected chi connectivity index (χ2v) is 5.19. The van der Waals surface area contributed by atoms with E-state index in [1.807, 2.05) is 10.9 Å². The maximum absolute atomic E-state index is 11.6. The normalized spacial score (nSPS) is 29.1. The van der Waals surface area contributed by atoms with Crippen LogP contribution in [0.3, 0.4) is 0 Å². The highest BCUT2D eigenvalue weighted by Gasteiger charge is 2.43. The van der Waals surface area contributed by atoms with Crippen LogP contribution in [0.25, 0.3) is 0 Å². The Morgan fingerprint density at radius 2 is 2.45 bits per heavy atom. The molecule has 7 heteroatoms. The third-order valence-electron chi connectivity index (χ3n) is 3.56. The van der Waals surface area contributed by atoms with Crippen molar-refractivity contribution in [2.75, 3.05) is 6.61 Å². The van der Waals surface area contributed by atoms with Crippen molar-refractivity contribution >= 4 is 5.78 Å². The molecule has 3 rings (SSSR count). The van der Waals surface area contributed by atoms with Gasteiger partial charge in [0.2, 0.25) is 6.29 Å². The molecule has 110 valence electrons. The second kappa shape index (κ2) is 5.99. The summed E-state index contributed by atoms with van der Waals surface area (Å²) >= 11 is 0. The fourth-order valence-electron chi connectivity index (χ4n) is 2.40. The van der Waals surface area contributed by atoms with Gasteiger partial charge in [0.15, 0.2) is 5.78 Å². The minimum atomic E-state index is -0.672. The minimum absolute atomic E-state index is 0.0460. The summed E-state index contributed by atoms with van der Waals surface area (Å²) < 4.78 is 18.2. The van der Waals surface area contributed by atoms with E-state index in [1.165, 1.54) is 0 Å². The Hall–Kier alpha value is -1.31. The van der Waals surface area contributed by atoms with Gasteiger partial charge < -0.3 is 14.2 Å². The van der Waals surface area contributed by atoms with Crippen molar-refractivity contribution in [3.63, 3.8) is 0 Å². The van der Waals surface area contributed by atoms with E-state index in [0.29, 0.717) is 19.6 Å². The molecule has 2 bridgehead atoms. The second-order valence-electron chi connectivity index (χ2n) is 5.19. The summed E-state index contributed by atoms with van der Waals surface area (Å²) in [4.78, 5) is 11.6. The van der Waals surface area contributed by atoms with E-state index in [1.54, 1.807) is 0 Å². The largest absolute Gasteiger partial charge is 0.369 e. The molecule has 7 nitrogen and oxygen atoms in total. The molecule has 1 aromatic rings. The van der Waals surface area contributed by atoms with Crippen LogP contribution in [0, 0.1) is 0 Å². The van der Waals surface area contributed by atoms with Gasteiger partial charge >= 0.3 is 0 Å². The lowest BCUT2D eigenvalue weighted by atomic mass is 10.1. The van der Waals surface area contributed by atoms with Gasteiger partial charge in [-0.25, -0.2) is 0 Å². The number of Topliss-reactive ketones (excluding diaryl/α,β-unsaturated/α-hetero) is 1. The van der Waals surface area contributed by atoms with E-state index in [0.717, 1.165) is 25.1 Å². The van der Waals surface area contributed by atoms with Gasteiger partial charge in [0, 0.05) is 13.0 Å². The molecule has 0 saturated carbocycles. The molecule has 20 heavy (non-hydrogen) atoms. The lowest BCUT2D eigenvalue weighted by Gasteiger charge is -2.25. The molecule has 0 amide bonds. The van der Waals surface area contributed by atoms with Crippen LogP contribution >= 0.6 is 0 Å². The van der Waals surface area contributed by atoms with Gasteiger partial charge in [-0.2, -0.15) is 0 Å². The van der Waals surface area contributed by atoms with E-state index in [-0.39, 0.29) is 18.0 Å². The van der Waals surface area contributed by atoms with Crippen LogP contribution in [-0.2, 0) is 32.2 Å². The Bertz CT molecular complexity index is 476. The number of carbonyl (C=O) groups is 1. The molecular formula is C13H19N3O4. The molecule has 0 aromatic carbocycles. The predicted octanol–water partition coefficient (Wildman–Crippen LogP) is 0.678. The third-order valence-corrected chi connectivity index (χ3v) is 3.56. The molecule has 2 aliphatic heterocycles. The number of hydrogen-bond donors (Lipinski definition) is 0. The molecule has 0 spiro atoms. The fourth-order valence-corrected chi connectivity index (χ4v) is 2.40. The van der Waals surface area contributed by atoms with Gasteiger partial charge in [-0.05, 0) is 6.42 Å². The average molecular weight is 281 g/mol. The maximum atomic E-state index is 11.6. The summed E-state index contributed by atoms with van der Waals surface area (Å²) in [6.45, 7) is 3.77. The van der Waals surface area contributed by atoms with Crippen molar-refractivity contribution in [3.8, 4) is 0 Å². The average Bonchev–Trinajstić information content (AvgIpc) is 3.07. The predicted molar refractivity (Wildman–Crippen MR) is 67.7 cm³/mol. The standard InChI is InChI=1S/C13H19N3O4/c1-2-3-4-16-6-9(14-15-16)7-18-11-5-10(17)13-19-8-12(11)20-13/h6,11-13H,2-5,7-8H2,1H3/t11-,12+,13+/m0/s1. The molecule has 0 radical (unpaired) electrons. The number of aromatic nitrogens is 3. The third kappa shape index (κ3) is 2.89. The Morgan fingerprint density at radius 3 is 3.30 bits per heavy atom. The molecule has 2 fully saturated rings. The van der Waals surface area contributed by atoms with E-state index in [4.69, 9.17) is 14.2 Å². The summed E-state index contributed by atoms with van der Waals surface area (Å²) in [5.74, 6) is -0.0460. The van der Waals surface area contributed by atoms with Crippen molar-refractivity contribution in [1.29, 1.82) is 0 Å². The van der Waals surface area contributed by atoms with Crippen molar-refractivity contribution in [2.45, 2.75) is 57.8 Å². The number of ether oxygens (including phenoxy) is 3. The van der Waals surface area contributed by atoms with Gasteiger partial charge in [0.1, 0.15) is 11.8 Å². The summed E-state index contributed by atoms with van der Waals surface area (Å²) in [6, 6.07) is 0. The van der Waals surface area contributed by atoms with Crippen LogP contribution in [0.2, 0.25) is 0 Å². The molecule has 1 aromatic heterocycles. The summed E-state index contributed by atoms with van der Waals surface area (Å²) in [6.07, 6.45) is 3.37. The molecule has 0 unspecified atom stereocenters. The van der Waals surface area contributed by atoms with Crippen LogP contribution in [0.5, 0.6) is 0 Å².